The van der Waals surface area contributed by atoms with Gasteiger partial charge in [0.25, 0.3) is 5.91 Å². The number of hydrogen-bond donors (Lipinski definition) is 2. The van der Waals surface area contributed by atoms with Crippen molar-refractivity contribution in [3.8, 4) is 11.3 Å². The number of H-pyrrole nitrogens is 1. The lowest BCUT2D eigenvalue weighted by atomic mass is 9.98. The van der Waals surface area contributed by atoms with Crippen LogP contribution in [0.1, 0.15) is 17.8 Å². The van der Waals surface area contributed by atoms with E-state index in [9.17, 15) is 9.18 Å². The maximum Gasteiger partial charge on any atom is 0.257 e. The predicted octanol–water partition coefficient (Wildman–Crippen LogP) is 4.18. The second-order valence-corrected chi connectivity index (χ2v) is 4.54. The van der Waals surface area contributed by atoms with Crippen LogP contribution in [-0.4, -0.2) is 10.9 Å². The summed E-state index contributed by atoms with van der Waals surface area (Å²) in [6.07, 6.45) is 1.80. The molecule has 20 heavy (non-hydrogen) atoms. The smallest absolute Gasteiger partial charge is 0.257 e. The van der Waals surface area contributed by atoms with Gasteiger partial charge in [-0.15, -0.1) is 0 Å². The van der Waals surface area contributed by atoms with Gasteiger partial charge in [-0.05, 0) is 24.3 Å². The van der Waals surface area contributed by atoms with Gasteiger partial charge in [0.1, 0.15) is 5.82 Å². The van der Waals surface area contributed by atoms with Gasteiger partial charge in [0, 0.05) is 33.9 Å². The van der Waals surface area contributed by atoms with Gasteiger partial charge in [-0.3, -0.25) is 4.79 Å². The molecule has 0 bridgehead atoms. The Labute approximate surface area is 115 Å². The Morgan fingerprint density at radius 1 is 1.05 bits per heavy atom. The standard InChI is InChI=1S/C15H9FN2O.CH4/c16-10-5-6-12-13-8(10)3-4-9(11-2-1-7-17-11)14(13)15(19)18-12;/h1-7,17H,(H,18,19);1H4. The highest BCUT2D eigenvalue weighted by atomic mass is 19.1. The van der Waals surface area contributed by atoms with E-state index in [-0.39, 0.29) is 19.2 Å². The quantitative estimate of drug-likeness (QED) is 0.683. The Morgan fingerprint density at radius 3 is 2.65 bits per heavy atom. The number of amides is 1. The van der Waals surface area contributed by atoms with Crippen molar-refractivity contribution in [2.45, 2.75) is 7.43 Å². The van der Waals surface area contributed by atoms with E-state index in [0.717, 1.165) is 11.3 Å². The fourth-order valence-corrected chi connectivity index (χ4v) is 2.66. The van der Waals surface area contributed by atoms with E-state index in [1.54, 1.807) is 24.4 Å². The molecule has 1 aliphatic rings. The van der Waals surface area contributed by atoms with Crippen LogP contribution in [0.3, 0.4) is 0 Å². The molecule has 0 fully saturated rings. The maximum atomic E-state index is 13.8. The van der Waals surface area contributed by atoms with Crippen molar-refractivity contribution in [1.82, 2.24) is 4.98 Å². The number of benzene rings is 2. The summed E-state index contributed by atoms with van der Waals surface area (Å²) in [6, 6.07) is 10.2. The topological polar surface area (TPSA) is 44.9 Å². The van der Waals surface area contributed by atoms with Crippen LogP contribution in [0.5, 0.6) is 0 Å². The first kappa shape index (κ1) is 12.4. The molecule has 4 rings (SSSR count). The van der Waals surface area contributed by atoms with Crippen LogP contribution in [-0.2, 0) is 0 Å². The number of carbonyl (C=O) groups is 1. The SMILES string of the molecule is C.O=C1Nc2ccc(F)c3ccc(-c4ccc[nH]4)c1c23. The number of halogens is 1. The van der Waals surface area contributed by atoms with Crippen molar-refractivity contribution in [2.24, 2.45) is 0 Å². The molecule has 0 unspecified atom stereocenters. The second kappa shape index (κ2) is 4.20. The van der Waals surface area contributed by atoms with E-state index in [1.807, 2.05) is 12.1 Å². The average Bonchev–Trinajstić information content (AvgIpc) is 3.04. The van der Waals surface area contributed by atoms with Crippen LogP contribution in [0.25, 0.3) is 22.0 Å². The minimum Gasteiger partial charge on any atom is -0.361 e. The van der Waals surface area contributed by atoms with Crippen molar-refractivity contribution in [3.63, 3.8) is 0 Å². The molecule has 1 aromatic heterocycles. The molecule has 1 aliphatic heterocycles. The van der Waals surface area contributed by atoms with E-state index in [1.165, 1.54) is 6.07 Å². The molecule has 3 aromatic rings. The molecule has 0 saturated heterocycles. The molecule has 2 N–H and O–H groups in total. The summed E-state index contributed by atoms with van der Waals surface area (Å²) >= 11 is 0. The molecule has 0 saturated carbocycles. The summed E-state index contributed by atoms with van der Waals surface area (Å²) < 4.78 is 13.8. The Balaban J connectivity index is 0.00000121. The van der Waals surface area contributed by atoms with E-state index in [0.29, 0.717) is 22.0 Å². The summed E-state index contributed by atoms with van der Waals surface area (Å²) in [4.78, 5) is 15.2. The zero-order valence-corrected chi connectivity index (χ0v) is 9.83. The highest BCUT2D eigenvalue weighted by molar-refractivity contribution is 6.26. The predicted molar refractivity (Wildman–Crippen MR) is 78.4 cm³/mol. The van der Waals surface area contributed by atoms with Crippen LogP contribution in [0.4, 0.5) is 10.1 Å². The largest absolute Gasteiger partial charge is 0.361 e. The zero-order chi connectivity index (χ0) is 13.0. The summed E-state index contributed by atoms with van der Waals surface area (Å²) in [5, 5.41) is 3.92. The van der Waals surface area contributed by atoms with E-state index in [4.69, 9.17) is 0 Å². The van der Waals surface area contributed by atoms with Gasteiger partial charge in [0.2, 0.25) is 0 Å². The number of aromatic amines is 1. The van der Waals surface area contributed by atoms with Crippen LogP contribution in [0, 0.1) is 5.82 Å². The number of hydrogen-bond acceptors (Lipinski definition) is 1. The molecule has 1 amide bonds. The first-order valence-corrected chi connectivity index (χ1v) is 5.96. The van der Waals surface area contributed by atoms with Crippen LogP contribution in [0.15, 0.2) is 42.6 Å². The van der Waals surface area contributed by atoms with Gasteiger partial charge in [0.05, 0.1) is 5.56 Å². The highest BCUT2D eigenvalue weighted by Gasteiger charge is 2.26. The van der Waals surface area contributed by atoms with Gasteiger partial charge in [-0.2, -0.15) is 0 Å². The minimum absolute atomic E-state index is 0. The van der Waals surface area contributed by atoms with Crippen LogP contribution in [0.2, 0.25) is 0 Å². The third-order valence-electron chi connectivity index (χ3n) is 3.49. The van der Waals surface area contributed by atoms with Crippen molar-refractivity contribution in [3.05, 3.63) is 54.0 Å². The molecule has 3 nitrogen and oxygen atoms in total. The fourth-order valence-electron chi connectivity index (χ4n) is 2.66. The Bertz CT molecular complexity index is 822. The molecule has 0 radical (unpaired) electrons. The third kappa shape index (κ3) is 1.48. The van der Waals surface area contributed by atoms with Gasteiger partial charge in [-0.1, -0.05) is 19.6 Å². The molecule has 100 valence electrons. The van der Waals surface area contributed by atoms with Crippen molar-refractivity contribution < 1.29 is 9.18 Å². The van der Waals surface area contributed by atoms with Crippen LogP contribution < -0.4 is 5.32 Å². The molecule has 0 atom stereocenters. The lowest BCUT2D eigenvalue weighted by Gasteiger charge is -2.06. The lowest BCUT2D eigenvalue weighted by molar-refractivity contribution is 0.103. The number of anilines is 1. The first-order valence-electron chi connectivity index (χ1n) is 5.96. The zero-order valence-electron chi connectivity index (χ0n) is 9.83. The fraction of sp³-hybridized carbons (Fsp3) is 0.0625. The summed E-state index contributed by atoms with van der Waals surface area (Å²) in [6.45, 7) is 0. The van der Waals surface area contributed by atoms with E-state index >= 15 is 0 Å². The second-order valence-electron chi connectivity index (χ2n) is 4.54. The minimum atomic E-state index is -0.311. The highest BCUT2D eigenvalue weighted by Crippen LogP contribution is 2.39. The van der Waals surface area contributed by atoms with Crippen molar-refractivity contribution in [2.75, 3.05) is 5.32 Å². The number of carbonyl (C=O) groups excluding carboxylic acids is 1. The molecule has 2 heterocycles. The van der Waals surface area contributed by atoms with E-state index < -0.39 is 0 Å². The van der Waals surface area contributed by atoms with Crippen molar-refractivity contribution >= 4 is 22.4 Å². The normalized spacial score (nSPS) is 12.3. The summed E-state index contributed by atoms with van der Waals surface area (Å²) in [5.41, 5.74) is 2.85. The van der Waals surface area contributed by atoms with Gasteiger partial charge in [-0.25, -0.2) is 4.39 Å². The molecule has 2 aromatic carbocycles. The van der Waals surface area contributed by atoms with Gasteiger partial charge in [0.15, 0.2) is 0 Å². The molecule has 0 spiro atoms. The Morgan fingerprint density at radius 2 is 1.90 bits per heavy atom. The lowest BCUT2D eigenvalue weighted by Crippen LogP contribution is -2.05. The van der Waals surface area contributed by atoms with E-state index in [2.05, 4.69) is 10.3 Å². The average molecular weight is 268 g/mol. The number of aromatic nitrogens is 1. The molecule has 4 heteroatoms. The van der Waals surface area contributed by atoms with Gasteiger partial charge < -0.3 is 10.3 Å². The Kier molecular flexibility index (Phi) is 2.61. The number of rotatable bonds is 1. The molecular weight excluding hydrogens is 255 g/mol. The molecule has 0 aliphatic carbocycles. The summed E-state index contributed by atoms with van der Waals surface area (Å²) in [5.74, 6) is -0.495. The van der Waals surface area contributed by atoms with Crippen LogP contribution >= 0.6 is 0 Å². The van der Waals surface area contributed by atoms with Crippen molar-refractivity contribution in [1.29, 1.82) is 0 Å². The Hall–Kier alpha value is -2.62. The van der Waals surface area contributed by atoms with Gasteiger partial charge >= 0.3 is 0 Å². The summed E-state index contributed by atoms with van der Waals surface area (Å²) in [7, 11) is 0. The third-order valence-corrected chi connectivity index (χ3v) is 3.49. The number of nitrogens with one attached hydrogen (secondary N) is 2. The maximum absolute atomic E-state index is 13.8. The monoisotopic (exact) mass is 268 g/mol. The molecular formula is C16H13FN2O. The first-order chi connectivity index (χ1) is 9.25.